The number of hydrogen-bond donors (Lipinski definition) is 1. The molecule has 0 aliphatic carbocycles. The highest BCUT2D eigenvalue weighted by molar-refractivity contribution is 5.92. The molecule has 0 bridgehead atoms. The van der Waals surface area contributed by atoms with Crippen molar-refractivity contribution in [1.29, 1.82) is 0 Å². The minimum absolute atomic E-state index is 0.207. The molecule has 94 valence electrons. The molecule has 0 spiro atoms. The Hall–Kier alpha value is -2.83. The normalized spacial score (nSPS) is 10.7. The Balaban J connectivity index is 2.04. The molecule has 3 rings (SSSR count). The number of hydrogen-bond acceptors (Lipinski definition) is 5. The molecular formula is C12H9N5O2. The number of fused-ring (bicyclic) bond motifs is 1. The van der Waals surface area contributed by atoms with Crippen LogP contribution in [0, 0.1) is 0 Å². The van der Waals surface area contributed by atoms with Crippen LogP contribution in [-0.4, -0.2) is 36.0 Å². The van der Waals surface area contributed by atoms with Gasteiger partial charge in [-0.2, -0.15) is 0 Å². The summed E-state index contributed by atoms with van der Waals surface area (Å²) in [6, 6.07) is 6.48. The summed E-state index contributed by atoms with van der Waals surface area (Å²) < 4.78 is 1.62. The third kappa shape index (κ3) is 2.13. The van der Waals surface area contributed by atoms with E-state index in [0.29, 0.717) is 17.6 Å². The summed E-state index contributed by atoms with van der Waals surface area (Å²) in [6.07, 6.45) is 3.10. The zero-order chi connectivity index (χ0) is 13.2. The fraction of sp³-hybridized carbons (Fsp3) is 0.0833. The van der Waals surface area contributed by atoms with Crippen molar-refractivity contribution < 1.29 is 9.90 Å². The van der Waals surface area contributed by atoms with Crippen LogP contribution in [0.3, 0.4) is 0 Å². The second kappa shape index (κ2) is 4.45. The SMILES string of the molecule is O=C(O)c1ccc2nnn(Cc3ccncn3)c2c1. The molecule has 0 saturated heterocycles. The molecule has 3 aromatic rings. The van der Waals surface area contributed by atoms with Crippen molar-refractivity contribution in [2.45, 2.75) is 6.54 Å². The third-order valence-corrected chi connectivity index (χ3v) is 2.72. The van der Waals surface area contributed by atoms with E-state index in [1.807, 2.05) is 0 Å². The van der Waals surface area contributed by atoms with E-state index in [1.54, 1.807) is 29.1 Å². The van der Waals surface area contributed by atoms with E-state index in [1.165, 1.54) is 12.4 Å². The Morgan fingerprint density at radius 1 is 1.32 bits per heavy atom. The Kier molecular flexibility index (Phi) is 2.64. The van der Waals surface area contributed by atoms with Gasteiger partial charge in [0, 0.05) is 6.20 Å². The monoisotopic (exact) mass is 255 g/mol. The number of aromatic carboxylic acids is 1. The van der Waals surface area contributed by atoms with Gasteiger partial charge < -0.3 is 5.11 Å². The van der Waals surface area contributed by atoms with E-state index in [9.17, 15) is 4.79 Å². The van der Waals surface area contributed by atoms with Crippen molar-refractivity contribution >= 4 is 17.0 Å². The summed E-state index contributed by atoms with van der Waals surface area (Å²) in [5.41, 5.74) is 2.30. The van der Waals surface area contributed by atoms with E-state index in [-0.39, 0.29) is 5.56 Å². The molecular weight excluding hydrogens is 246 g/mol. The van der Waals surface area contributed by atoms with Crippen molar-refractivity contribution in [2.24, 2.45) is 0 Å². The molecule has 1 N–H and O–H groups in total. The first-order valence-corrected chi connectivity index (χ1v) is 5.55. The Morgan fingerprint density at radius 2 is 2.21 bits per heavy atom. The van der Waals surface area contributed by atoms with Gasteiger partial charge in [0.2, 0.25) is 0 Å². The van der Waals surface area contributed by atoms with E-state index < -0.39 is 5.97 Å². The van der Waals surface area contributed by atoms with Gasteiger partial charge in [-0.1, -0.05) is 5.21 Å². The summed E-state index contributed by atoms with van der Waals surface area (Å²) in [6.45, 7) is 0.419. The van der Waals surface area contributed by atoms with Gasteiger partial charge in [0.25, 0.3) is 0 Å². The Labute approximate surface area is 107 Å². The van der Waals surface area contributed by atoms with Crippen molar-refractivity contribution in [1.82, 2.24) is 25.0 Å². The molecule has 0 atom stereocenters. The van der Waals surface area contributed by atoms with E-state index in [2.05, 4.69) is 20.3 Å². The maximum absolute atomic E-state index is 11.0. The minimum Gasteiger partial charge on any atom is -0.478 e. The summed E-state index contributed by atoms with van der Waals surface area (Å²) in [4.78, 5) is 18.9. The predicted octanol–water partition coefficient (Wildman–Crippen LogP) is 0.968. The number of carboxylic acids is 1. The number of carboxylic acid groups (broad SMARTS) is 1. The van der Waals surface area contributed by atoms with Crippen molar-refractivity contribution in [3.63, 3.8) is 0 Å². The van der Waals surface area contributed by atoms with Crippen LogP contribution in [0.4, 0.5) is 0 Å². The van der Waals surface area contributed by atoms with Crippen molar-refractivity contribution in [3.8, 4) is 0 Å². The molecule has 0 aliphatic heterocycles. The molecule has 0 saturated carbocycles. The molecule has 0 radical (unpaired) electrons. The van der Waals surface area contributed by atoms with Gasteiger partial charge in [-0.3, -0.25) is 0 Å². The van der Waals surface area contributed by atoms with Crippen LogP contribution < -0.4 is 0 Å². The molecule has 0 unspecified atom stereocenters. The van der Waals surface area contributed by atoms with Gasteiger partial charge >= 0.3 is 5.97 Å². The second-order valence-corrected chi connectivity index (χ2v) is 3.96. The topological polar surface area (TPSA) is 93.8 Å². The van der Waals surface area contributed by atoms with Crippen LogP contribution in [0.2, 0.25) is 0 Å². The first kappa shape index (κ1) is 11.3. The molecule has 1 aromatic carbocycles. The Bertz CT molecular complexity index is 738. The lowest BCUT2D eigenvalue weighted by Gasteiger charge is -2.01. The van der Waals surface area contributed by atoms with Gasteiger partial charge in [-0.25, -0.2) is 19.4 Å². The highest BCUT2D eigenvalue weighted by Crippen LogP contribution is 2.14. The molecule has 19 heavy (non-hydrogen) atoms. The highest BCUT2D eigenvalue weighted by atomic mass is 16.4. The highest BCUT2D eigenvalue weighted by Gasteiger charge is 2.09. The number of benzene rings is 1. The zero-order valence-corrected chi connectivity index (χ0v) is 9.76. The minimum atomic E-state index is -0.975. The predicted molar refractivity (Wildman–Crippen MR) is 65.6 cm³/mol. The first-order valence-electron chi connectivity index (χ1n) is 5.55. The zero-order valence-electron chi connectivity index (χ0n) is 9.76. The number of carbonyl (C=O) groups is 1. The Morgan fingerprint density at radius 3 is 2.95 bits per heavy atom. The summed E-state index contributed by atoms with van der Waals surface area (Å²) >= 11 is 0. The maximum atomic E-state index is 11.0. The lowest BCUT2D eigenvalue weighted by atomic mass is 10.2. The van der Waals surface area contributed by atoms with E-state index in [4.69, 9.17) is 5.11 Å². The molecule has 2 aromatic heterocycles. The average molecular weight is 255 g/mol. The molecule has 0 fully saturated rings. The lowest BCUT2D eigenvalue weighted by Crippen LogP contribution is -2.04. The fourth-order valence-electron chi connectivity index (χ4n) is 1.78. The molecule has 2 heterocycles. The van der Waals surface area contributed by atoms with Crippen LogP contribution in [0.1, 0.15) is 16.1 Å². The van der Waals surface area contributed by atoms with Gasteiger partial charge in [0.1, 0.15) is 11.8 Å². The third-order valence-electron chi connectivity index (χ3n) is 2.72. The second-order valence-electron chi connectivity index (χ2n) is 3.96. The van der Waals surface area contributed by atoms with Gasteiger partial charge in [0.15, 0.2) is 0 Å². The number of rotatable bonds is 3. The largest absolute Gasteiger partial charge is 0.478 e. The van der Waals surface area contributed by atoms with Crippen LogP contribution in [0.15, 0.2) is 36.8 Å². The van der Waals surface area contributed by atoms with E-state index >= 15 is 0 Å². The fourth-order valence-corrected chi connectivity index (χ4v) is 1.78. The van der Waals surface area contributed by atoms with Crippen LogP contribution >= 0.6 is 0 Å². The van der Waals surface area contributed by atoms with Gasteiger partial charge in [-0.15, -0.1) is 5.10 Å². The maximum Gasteiger partial charge on any atom is 0.335 e. The van der Waals surface area contributed by atoms with Gasteiger partial charge in [-0.05, 0) is 24.3 Å². The van der Waals surface area contributed by atoms with E-state index in [0.717, 1.165) is 5.69 Å². The molecule has 7 heteroatoms. The standard InChI is InChI=1S/C12H9N5O2/c18-12(19)8-1-2-10-11(5-8)17(16-15-10)6-9-3-4-13-7-14-9/h1-5,7H,6H2,(H,18,19). The van der Waals surface area contributed by atoms with Crippen LogP contribution in [0.5, 0.6) is 0 Å². The van der Waals surface area contributed by atoms with Crippen LogP contribution in [-0.2, 0) is 6.54 Å². The quantitative estimate of drug-likeness (QED) is 0.749. The summed E-state index contributed by atoms with van der Waals surface area (Å²) in [5, 5.41) is 17.0. The van der Waals surface area contributed by atoms with Crippen LogP contribution in [0.25, 0.3) is 11.0 Å². The van der Waals surface area contributed by atoms with Gasteiger partial charge in [0.05, 0.1) is 23.3 Å². The lowest BCUT2D eigenvalue weighted by molar-refractivity contribution is 0.0697. The first-order chi connectivity index (χ1) is 9.24. The molecule has 7 nitrogen and oxygen atoms in total. The molecule has 0 amide bonds. The summed E-state index contributed by atoms with van der Waals surface area (Å²) in [5.74, 6) is -0.975. The smallest absolute Gasteiger partial charge is 0.335 e. The average Bonchev–Trinajstić information content (AvgIpc) is 2.82. The number of nitrogens with zero attached hydrogens (tertiary/aromatic N) is 5. The molecule has 0 aliphatic rings. The van der Waals surface area contributed by atoms with Crippen molar-refractivity contribution in [2.75, 3.05) is 0 Å². The number of aromatic nitrogens is 5. The van der Waals surface area contributed by atoms with Crippen molar-refractivity contribution in [3.05, 3.63) is 48.0 Å². The summed E-state index contributed by atoms with van der Waals surface area (Å²) in [7, 11) is 0.